The molecule has 0 bridgehead atoms. The van der Waals surface area contributed by atoms with Crippen LogP contribution < -0.4 is 5.32 Å². The Morgan fingerprint density at radius 2 is 1.61 bits per heavy atom. The minimum Gasteiger partial charge on any atom is -0.350 e. The fourth-order valence-electron chi connectivity index (χ4n) is 4.05. The number of benzene rings is 2. The third-order valence-corrected chi connectivity index (χ3v) is 6.76. The van der Waals surface area contributed by atoms with E-state index in [1.54, 1.807) is 11.8 Å². The van der Waals surface area contributed by atoms with Crippen molar-refractivity contribution < 1.29 is 9.59 Å². The number of rotatable bonds is 7. The normalized spacial score (nSPS) is 14.4. The SMILES string of the molecule is O=C(NCCn1cc(SCC(=O)N2CCCCCC2)c2ccccc21)c1ccccc1. The van der Waals surface area contributed by atoms with E-state index in [0.717, 1.165) is 41.7 Å². The highest BCUT2D eigenvalue weighted by Crippen LogP contribution is 2.30. The number of fused-ring (bicyclic) bond motifs is 1. The summed E-state index contributed by atoms with van der Waals surface area (Å²) in [6.07, 6.45) is 6.80. The molecule has 0 atom stereocenters. The lowest BCUT2D eigenvalue weighted by atomic mass is 10.2. The second-order valence-corrected chi connectivity index (χ2v) is 8.93. The zero-order valence-corrected chi connectivity index (χ0v) is 18.6. The number of aromatic nitrogens is 1. The Hall–Kier alpha value is -2.73. The molecule has 1 aliphatic heterocycles. The number of amides is 2. The Kier molecular flexibility index (Phi) is 7.30. The van der Waals surface area contributed by atoms with E-state index in [1.807, 2.05) is 47.4 Å². The molecule has 0 unspecified atom stereocenters. The monoisotopic (exact) mass is 435 g/mol. The van der Waals surface area contributed by atoms with Crippen LogP contribution in [0.3, 0.4) is 0 Å². The molecule has 162 valence electrons. The molecule has 1 aromatic heterocycles. The smallest absolute Gasteiger partial charge is 0.251 e. The first-order chi connectivity index (χ1) is 15.2. The number of hydrogen-bond acceptors (Lipinski definition) is 3. The van der Waals surface area contributed by atoms with Crippen molar-refractivity contribution >= 4 is 34.5 Å². The van der Waals surface area contributed by atoms with Gasteiger partial charge in [0.25, 0.3) is 5.91 Å². The largest absolute Gasteiger partial charge is 0.350 e. The molecule has 1 saturated heterocycles. The number of carbonyl (C=O) groups is 2. The summed E-state index contributed by atoms with van der Waals surface area (Å²) in [5.41, 5.74) is 1.80. The highest BCUT2D eigenvalue weighted by Gasteiger charge is 2.17. The Bertz CT molecular complexity index is 1020. The first-order valence-corrected chi connectivity index (χ1v) is 12.0. The second-order valence-electron chi connectivity index (χ2n) is 7.91. The fourth-order valence-corrected chi connectivity index (χ4v) is 5.04. The second kappa shape index (κ2) is 10.5. The molecule has 0 saturated carbocycles. The molecule has 3 aromatic rings. The predicted molar refractivity (Wildman–Crippen MR) is 126 cm³/mol. The summed E-state index contributed by atoms with van der Waals surface area (Å²) < 4.78 is 2.17. The van der Waals surface area contributed by atoms with Gasteiger partial charge in [0.1, 0.15) is 0 Å². The van der Waals surface area contributed by atoms with E-state index in [4.69, 9.17) is 0 Å². The third kappa shape index (κ3) is 5.50. The molecule has 0 aliphatic carbocycles. The van der Waals surface area contributed by atoms with Gasteiger partial charge in [0.2, 0.25) is 5.91 Å². The fraction of sp³-hybridized carbons (Fsp3) is 0.360. The predicted octanol–water partition coefficient (Wildman–Crippen LogP) is 4.57. The zero-order valence-electron chi connectivity index (χ0n) is 17.8. The Morgan fingerprint density at radius 3 is 2.39 bits per heavy atom. The van der Waals surface area contributed by atoms with Crippen LogP contribution in [0.1, 0.15) is 36.0 Å². The van der Waals surface area contributed by atoms with Crippen LogP contribution >= 0.6 is 11.8 Å². The van der Waals surface area contributed by atoms with E-state index in [9.17, 15) is 9.59 Å². The van der Waals surface area contributed by atoms with Crippen LogP contribution in [-0.2, 0) is 11.3 Å². The third-order valence-electron chi connectivity index (χ3n) is 5.74. The topological polar surface area (TPSA) is 54.3 Å². The Labute approximate surface area is 187 Å². The van der Waals surface area contributed by atoms with Crippen molar-refractivity contribution in [2.75, 3.05) is 25.4 Å². The molecule has 2 aromatic carbocycles. The average molecular weight is 436 g/mol. The van der Waals surface area contributed by atoms with Gasteiger partial charge in [-0.3, -0.25) is 9.59 Å². The number of nitrogens with one attached hydrogen (secondary N) is 1. The lowest BCUT2D eigenvalue weighted by Crippen LogP contribution is -2.33. The van der Waals surface area contributed by atoms with Crippen molar-refractivity contribution in [3.05, 3.63) is 66.4 Å². The van der Waals surface area contributed by atoms with Gasteiger partial charge in [-0.2, -0.15) is 0 Å². The summed E-state index contributed by atoms with van der Waals surface area (Å²) in [7, 11) is 0. The number of nitrogens with zero attached hydrogens (tertiary/aromatic N) is 2. The number of likely N-dealkylation sites (tertiary alicyclic amines) is 1. The summed E-state index contributed by atoms with van der Waals surface area (Å²) in [5.74, 6) is 0.646. The number of hydrogen-bond donors (Lipinski definition) is 1. The van der Waals surface area contributed by atoms with Gasteiger partial charge in [0, 0.05) is 53.7 Å². The van der Waals surface area contributed by atoms with Gasteiger partial charge < -0.3 is 14.8 Å². The highest BCUT2D eigenvalue weighted by molar-refractivity contribution is 8.00. The van der Waals surface area contributed by atoms with Crippen LogP contribution in [-0.4, -0.2) is 46.7 Å². The molecule has 2 amide bonds. The summed E-state index contributed by atoms with van der Waals surface area (Å²) in [6.45, 7) is 3.01. The first-order valence-electron chi connectivity index (χ1n) is 11.0. The molecule has 1 aliphatic rings. The van der Waals surface area contributed by atoms with Gasteiger partial charge in [-0.1, -0.05) is 49.2 Å². The minimum atomic E-state index is -0.0605. The maximum absolute atomic E-state index is 12.7. The number of thioether (sulfide) groups is 1. The lowest BCUT2D eigenvalue weighted by Gasteiger charge is -2.19. The molecule has 1 N–H and O–H groups in total. The molecule has 1 fully saturated rings. The standard InChI is InChI=1S/C25H29N3O2S/c29-24(27-15-8-1-2-9-16-27)19-31-23-18-28(22-13-7-6-12-21(22)23)17-14-26-25(30)20-10-4-3-5-11-20/h3-7,10-13,18H,1-2,8-9,14-17,19H2,(H,26,30). The van der Waals surface area contributed by atoms with Gasteiger partial charge in [0.15, 0.2) is 0 Å². The van der Waals surface area contributed by atoms with Gasteiger partial charge in [-0.25, -0.2) is 0 Å². The van der Waals surface area contributed by atoms with E-state index >= 15 is 0 Å². The van der Waals surface area contributed by atoms with E-state index in [0.29, 0.717) is 24.4 Å². The van der Waals surface area contributed by atoms with Gasteiger partial charge in [-0.15, -0.1) is 11.8 Å². The quantitative estimate of drug-likeness (QED) is 0.553. The van der Waals surface area contributed by atoms with E-state index in [-0.39, 0.29) is 11.8 Å². The maximum atomic E-state index is 12.7. The molecule has 5 nitrogen and oxygen atoms in total. The van der Waals surface area contributed by atoms with Crippen molar-refractivity contribution in [1.82, 2.24) is 14.8 Å². The summed E-state index contributed by atoms with van der Waals surface area (Å²) in [6, 6.07) is 17.5. The molecule has 4 rings (SSSR count). The summed E-state index contributed by atoms with van der Waals surface area (Å²) in [5, 5.41) is 4.15. The van der Waals surface area contributed by atoms with E-state index in [2.05, 4.69) is 28.2 Å². The summed E-state index contributed by atoms with van der Waals surface area (Å²) in [4.78, 5) is 28.1. The zero-order chi connectivity index (χ0) is 21.5. The van der Waals surface area contributed by atoms with Crippen LogP contribution in [0.15, 0.2) is 65.7 Å². The molecular weight excluding hydrogens is 406 g/mol. The maximum Gasteiger partial charge on any atom is 0.251 e. The highest BCUT2D eigenvalue weighted by atomic mass is 32.2. The Balaban J connectivity index is 1.38. The first kappa shape index (κ1) is 21.5. The molecule has 2 heterocycles. The minimum absolute atomic E-state index is 0.0605. The van der Waals surface area contributed by atoms with E-state index < -0.39 is 0 Å². The lowest BCUT2D eigenvalue weighted by molar-refractivity contribution is -0.128. The van der Waals surface area contributed by atoms with Crippen LogP contribution in [0, 0.1) is 0 Å². The van der Waals surface area contributed by atoms with Gasteiger partial charge >= 0.3 is 0 Å². The number of carbonyl (C=O) groups excluding carboxylic acids is 2. The van der Waals surface area contributed by atoms with Crippen LogP contribution in [0.5, 0.6) is 0 Å². The van der Waals surface area contributed by atoms with Crippen LogP contribution in [0.25, 0.3) is 10.9 Å². The average Bonchev–Trinajstić information content (AvgIpc) is 2.97. The molecular formula is C25H29N3O2S. The van der Waals surface area contributed by atoms with Gasteiger partial charge in [-0.05, 0) is 31.0 Å². The van der Waals surface area contributed by atoms with Crippen molar-refractivity contribution in [3.63, 3.8) is 0 Å². The van der Waals surface area contributed by atoms with Crippen molar-refractivity contribution in [2.45, 2.75) is 37.1 Å². The number of para-hydroxylation sites is 1. The van der Waals surface area contributed by atoms with Gasteiger partial charge in [0.05, 0.1) is 5.75 Å². The van der Waals surface area contributed by atoms with Crippen LogP contribution in [0.4, 0.5) is 0 Å². The molecule has 6 heteroatoms. The molecule has 0 radical (unpaired) electrons. The Morgan fingerprint density at radius 1 is 0.903 bits per heavy atom. The van der Waals surface area contributed by atoms with Crippen molar-refractivity contribution in [3.8, 4) is 0 Å². The molecule has 0 spiro atoms. The van der Waals surface area contributed by atoms with Crippen molar-refractivity contribution in [1.29, 1.82) is 0 Å². The summed E-state index contributed by atoms with van der Waals surface area (Å²) >= 11 is 1.62. The van der Waals surface area contributed by atoms with Crippen LogP contribution in [0.2, 0.25) is 0 Å². The van der Waals surface area contributed by atoms with E-state index in [1.165, 1.54) is 12.8 Å². The molecule has 31 heavy (non-hydrogen) atoms. The van der Waals surface area contributed by atoms with Crippen molar-refractivity contribution in [2.24, 2.45) is 0 Å².